The molecule has 1 aromatic carbocycles. The molecule has 0 aliphatic heterocycles. The van der Waals surface area contributed by atoms with Crippen LogP contribution in [0.15, 0.2) is 23.1 Å². The van der Waals surface area contributed by atoms with Gasteiger partial charge in [-0.25, -0.2) is 13.1 Å². The van der Waals surface area contributed by atoms with Gasteiger partial charge >= 0.3 is 0 Å². The third-order valence-corrected chi connectivity index (χ3v) is 4.48. The lowest BCUT2D eigenvalue weighted by Crippen LogP contribution is -2.39. The lowest BCUT2D eigenvalue weighted by molar-refractivity contribution is -0.118. The fourth-order valence-corrected chi connectivity index (χ4v) is 2.30. The number of aryl methyl sites for hydroxylation is 1. The van der Waals surface area contributed by atoms with Gasteiger partial charge in [-0.05, 0) is 37.6 Å². The third-order valence-electron chi connectivity index (χ3n) is 3.07. The fraction of sp³-hybridized carbons (Fsp3) is 0.462. The van der Waals surface area contributed by atoms with Crippen LogP contribution in [0.1, 0.15) is 19.4 Å². The summed E-state index contributed by atoms with van der Waals surface area (Å²) in [5, 5.41) is 2.67. The Balaban J connectivity index is 3.08. The maximum atomic E-state index is 11.9. The van der Waals surface area contributed by atoms with Crippen molar-refractivity contribution in [3.05, 3.63) is 23.8 Å². The van der Waals surface area contributed by atoms with E-state index in [1.54, 1.807) is 13.0 Å². The van der Waals surface area contributed by atoms with Crippen molar-refractivity contribution in [2.75, 3.05) is 12.4 Å². The first-order valence-electron chi connectivity index (χ1n) is 6.29. The van der Waals surface area contributed by atoms with Crippen LogP contribution in [0.5, 0.6) is 0 Å². The molecular weight excluding hydrogens is 278 g/mol. The standard InChI is InChI=1S/C13H21N3O3S/c1-8(2)12(14)13(17)16-11-7-10(6-5-9(11)3)20(18,19)15-4/h5-8,12,15H,14H2,1-4H3,(H,16,17)/t12-/m1/s1. The predicted octanol–water partition coefficient (Wildman–Crippen LogP) is 0.825. The number of carbonyl (C=O) groups is 1. The predicted molar refractivity (Wildman–Crippen MR) is 78.9 cm³/mol. The molecule has 0 spiro atoms. The largest absolute Gasteiger partial charge is 0.324 e. The quantitative estimate of drug-likeness (QED) is 0.749. The van der Waals surface area contributed by atoms with E-state index in [1.165, 1.54) is 19.2 Å². The SMILES string of the molecule is CNS(=O)(=O)c1ccc(C)c(NC(=O)[C@H](N)C(C)C)c1. The molecule has 0 aliphatic rings. The van der Waals surface area contributed by atoms with Crippen LogP contribution in [0.3, 0.4) is 0 Å². The van der Waals surface area contributed by atoms with Crippen LogP contribution in [0.2, 0.25) is 0 Å². The summed E-state index contributed by atoms with van der Waals surface area (Å²) < 4.78 is 25.7. The lowest BCUT2D eigenvalue weighted by Gasteiger charge is -2.17. The van der Waals surface area contributed by atoms with E-state index >= 15 is 0 Å². The van der Waals surface area contributed by atoms with E-state index in [0.717, 1.165) is 5.56 Å². The normalized spacial score (nSPS) is 13.3. The molecule has 0 unspecified atom stereocenters. The molecule has 0 saturated carbocycles. The summed E-state index contributed by atoms with van der Waals surface area (Å²) in [6.45, 7) is 5.48. The van der Waals surface area contributed by atoms with Crippen molar-refractivity contribution in [3.63, 3.8) is 0 Å². The van der Waals surface area contributed by atoms with Gasteiger partial charge in [-0.15, -0.1) is 0 Å². The molecule has 1 rings (SSSR count). The molecule has 112 valence electrons. The minimum atomic E-state index is -3.54. The molecule has 20 heavy (non-hydrogen) atoms. The molecule has 6 nitrogen and oxygen atoms in total. The van der Waals surface area contributed by atoms with E-state index in [-0.39, 0.29) is 16.7 Å². The first kappa shape index (κ1) is 16.6. The first-order valence-corrected chi connectivity index (χ1v) is 7.78. The number of amides is 1. The summed E-state index contributed by atoms with van der Waals surface area (Å²) in [6, 6.07) is 3.91. The Bertz CT molecular complexity index is 597. The summed E-state index contributed by atoms with van der Waals surface area (Å²) in [4.78, 5) is 12.0. The van der Waals surface area contributed by atoms with Gasteiger partial charge in [0.25, 0.3) is 0 Å². The Morgan fingerprint density at radius 1 is 1.30 bits per heavy atom. The summed E-state index contributed by atoms with van der Waals surface area (Å²) in [6.07, 6.45) is 0. The van der Waals surface area contributed by atoms with E-state index in [9.17, 15) is 13.2 Å². The number of hydrogen-bond donors (Lipinski definition) is 3. The topological polar surface area (TPSA) is 101 Å². The molecule has 1 atom stereocenters. The Hall–Kier alpha value is -1.44. The highest BCUT2D eigenvalue weighted by atomic mass is 32.2. The molecule has 0 saturated heterocycles. The van der Waals surface area contributed by atoms with Gasteiger partial charge in [-0.2, -0.15) is 0 Å². The minimum absolute atomic E-state index is 0.000435. The lowest BCUT2D eigenvalue weighted by atomic mass is 10.0. The number of nitrogens with one attached hydrogen (secondary N) is 2. The summed E-state index contributed by atoms with van der Waals surface area (Å²) in [5.74, 6) is -0.332. The summed E-state index contributed by atoms with van der Waals surface area (Å²) in [5.41, 5.74) is 6.98. The average Bonchev–Trinajstić information content (AvgIpc) is 2.39. The van der Waals surface area contributed by atoms with Crippen LogP contribution < -0.4 is 15.8 Å². The number of rotatable bonds is 5. The number of nitrogens with two attached hydrogens (primary N) is 1. The van der Waals surface area contributed by atoms with Gasteiger partial charge in [0.1, 0.15) is 0 Å². The average molecular weight is 299 g/mol. The van der Waals surface area contributed by atoms with Crippen LogP contribution in [0.25, 0.3) is 0 Å². The van der Waals surface area contributed by atoms with Gasteiger partial charge in [-0.3, -0.25) is 4.79 Å². The smallest absolute Gasteiger partial charge is 0.241 e. The van der Waals surface area contributed by atoms with Crippen molar-refractivity contribution < 1.29 is 13.2 Å². The van der Waals surface area contributed by atoms with Crippen molar-refractivity contribution >= 4 is 21.6 Å². The Morgan fingerprint density at radius 2 is 1.90 bits per heavy atom. The third kappa shape index (κ3) is 3.78. The maximum absolute atomic E-state index is 11.9. The number of anilines is 1. The molecule has 1 aromatic rings. The van der Waals surface area contributed by atoms with Crippen LogP contribution in [-0.4, -0.2) is 27.4 Å². The second-order valence-corrected chi connectivity index (χ2v) is 6.83. The zero-order chi connectivity index (χ0) is 15.5. The highest BCUT2D eigenvalue weighted by Crippen LogP contribution is 2.20. The van der Waals surface area contributed by atoms with E-state index in [0.29, 0.717) is 5.69 Å². The van der Waals surface area contributed by atoms with Crippen molar-refractivity contribution in [2.24, 2.45) is 11.7 Å². The first-order chi connectivity index (χ1) is 9.19. The fourth-order valence-electron chi connectivity index (χ4n) is 1.54. The second kappa shape index (κ2) is 6.34. The van der Waals surface area contributed by atoms with Gasteiger partial charge in [0.2, 0.25) is 15.9 Å². The summed E-state index contributed by atoms with van der Waals surface area (Å²) in [7, 11) is -2.21. The molecule has 0 heterocycles. The van der Waals surface area contributed by atoms with E-state index in [1.807, 2.05) is 13.8 Å². The number of hydrogen-bond acceptors (Lipinski definition) is 4. The van der Waals surface area contributed by atoms with E-state index in [4.69, 9.17) is 5.73 Å². The maximum Gasteiger partial charge on any atom is 0.241 e. The van der Waals surface area contributed by atoms with Gasteiger partial charge < -0.3 is 11.1 Å². The Labute approximate surface area is 119 Å². The zero-order valence-corrected chi connectivity index (χ0v) is 12.9. The molecule has 0 aromatic heterocycles. The second-order valence-electron chi connectivity index (χ2n) is 4.94. The number of carbonyl (C=O) groups excluding carboxylic acids is 1. The Kier molecular flexibility index (Phi) is 5.27. The zero-order valence-electron chi connectivity index (χ0n) is 12.1. The van der Waals surface area contributed by atoms with Crippen molar-refractivity contribution in [2.45, 2.75) is 31.7 Å². The van der Waals surface area contributed by atoms with Crippen molar-refractivity contribution in [1.29, 1.82) is 0 Å². The van der Waals surface area contributed by atoms with E-state index < -0.39 is 16.1 Å². The van der Waals surface area contributed by atoms with Gasteiger partial charge in [0.05, 0.1) is 10.9 Å². The van der Waals surface area contributed by atoms with Crippen LogP contribution in [0.4, 0.5) is 5.69 Å². The van der Waals surface area contributed by atoms with Gasteiger partial charge in [0.15, 0.2) is 0 Å². The molecule has 0 fully saturated rings. The highest BCUT2D eigenvalue weighted by Gasteiger charge is 2.19. The molecule has 0 radical (unpaired) electrons. The van der Waals surface area contributed by atoms with Gasteiger partial charge in [0, 0.05) is 5.69 Å². The molecule has 1 amide bonds. The molecule has 4 N–H and O–H groups in total. The van der Waals surface area contributed by atoms with Crippen molar-refractivity contribution in [1.82, 2.24) is 4.72 Å². The minimum Gasteiger partial charge on any atom is -0.324 e. The van der Waals surface area contributed by atoms with Crippen molar-refractivity contribution in [3.8, 4) is 0 Å². The van der Waals surface area contributed by atoms with Crippen LogP contribution >= 0.6 is 0 Å². The van der Waals surface area contributed by atoms with Crippen LogP contribution in [-0.2, 0) is 14.8 Å². The monoisotopic (exact) mass is 299 g/mol. The van der Waals surface area contributed by atoms with Crippen LogP contribution in [0, 0.1) is 12.8 Å². The van der Waals surface area contributed by atoms with Gasteiger partial charge in [-0.1, -0.05) is 19.9 Å². The number of sulfonamides is 1. The molecule has 7 heteroatoms. The Morgan fingerprint density at radius 3 is 2.40 bits per heavy atom. The summed E-state index contributed by atoms with van der Waals surface area (Å²) >= 11 is 0. The molecule has 0 bridgehead atoms. The molecule has 0 aliphatic carbocycles. The highest BCUT2D eigenvalue weighted by molar-refractivity contribution is 7.89. The number of benzene rings is 1. The molecular formula is C13H21N3O3S. The van der Waals surface area contributed by atoms with E-state index in [2.05, 4.69) is 10.0 Å².